The minimum absolute atomic E-state index is 0.129. The Balaban J connectivity index is 2.32. The number of rotatable bonds is 4. The predicted molar refractivity (Wildman–Crippen MR) is 73.5 cm³/mol. The number of hydrogen-bond donors (Lipinski definition) is 0. The third-order valence-electron chi connectivity index (χ3n) is 3.22. The smallest absolute Gasteiger partial charge is 0.140 e. The zero-order valence-electron chi connectivity index (χ0n) is 11.4. The average molecular weight is 244 g/mol. The molecule has 2 rings (SSSR count). The molecule has 96 valence electrons. The summed E-state index contributed by atoms with van der Waals surface area (Å²) in [5.41, 5.74) is 2.32. The molecule has 18 heavy (non-hydrogen) atoms. The van der Waals surface area contributed by atoms with Crippen LogP contribution in [0.3, 0.4) is 0 Å². The van der Waals surface area contributed by atoms with Crippen LogP contribution in [-0.2, 0) is 4.74 Å². The van der Waals surface area contributed by atoms with E-state index in [-0.39, 0.29) is 6.10 Å². The van der Waals surface area contributed by atoms with Crippen LogP contribution in [0.5, 0.6) is 0 Å². The summed E-state index contributed by atoms with van der Waals surface area (Å²) in [6.45, 7) is 6.36. The lowest BCUT2D eigenvalue weighted by Gasteiger charge is -2.13. The van der Waals surface area contributed by atoms with E-state index in [2.05, 4.69) is 47.7 Å². The van der Waals surface area contributed by atoms with E-state index < -0.39 is 0 Å². The highest BCUT2D eigenvalue weighted by atomic mass is 16.5. The molecule has 0 fully saturated rings. The standard InChI is InChI=1S/C15H20N2O/c1-11(2)17-10-9-16-15(17)14-7-5-13(6-8-14)12(3)18-4/h5-12H,1-4H3/t12-/m0/s1. The van der Waals surface area contributed by atoms with Crippen LogP contribution in [0, 0.1) is 0 Å². The maximum Gasteiger partial charge on any atom is 0.140 e. The molecular weight excluding hydrogens is 224 g/mol. The third-order valence-corrected chi connectivity index (χ3v) is 3.22. The fourth-order valence-electron chi connectivity index (χ4n) is 1.99. The molecule has 1 heterocycles. The van der Waals surface area contributed by atoms with Crippen molar-refractivity contribution in [2.24, 2.45) is 0 Å². The zero-order valence-corrected chi connectivity index (χ0v) is 11.4. The minimum Gasteiger partial charge on any atom is -0.377 e. The van der Waals surface area contributed by atoms with E-state index in [4.69, 9.17) is 4.74 Å². The van der Waals surface area contributed by atoms with Gasteiger partial charge in [-0.1, -0.05) is 24.3 Å². The minimum atomic E-state index is 0.129. The van der Waals surface area contributed by atoms with Crippen LogP contribution in [0.1, 0.15) is 38.5 Å². The largest absolute Gasteiger partial charge is 0.377 e. The Hall–Kier alpha value is -1.61. The van der Waals surface area contributed by atoms with Crippen molar-refractivity contribution in [1.82, 2.24) is 9.55 Å². The first-order chi connectivity index (χ1) is 8.63. The zero-order chi connectivity index (χ0) is 13.1. The van der Waals surface area contributed by atoms with Gasteiger partial charge in [0.25, 0.3) is 0 Å². The fourth-order valence-corrected chi connectivity index (χ4v) is 1.99. The van der Waals surface area contributed by atoms with Crippen molar-refractivity contribution in [3.05, 3.63) is 42.2 Å². The number of hydrogen-bond acceptors (Lipinski definition) is 2. The van der Waals surface area contributed by atoms with Crippen molar-refractivity contribution in [1.29, 1.82) is 0 Å². The summed E-state index contributed by atoms with van der Waals surface area (Å²) in [5.74, 6) is 1.02. The van der Waals surface area contributed by atoms with E-state index in [1.165, 1.54) is 5.56 Å². The van der Waals surface area contributed by atoms with E-state index >= 15 is 0 Å². The van der Waals surface area contributed by atoms with Crippen molar-refractivity contribution in [3.8, 4) is 11.4 Å². The van der Waals surface area contributed by atoms with Crippen LogP contribution in [0.2, 0.25) is 0 Å². The predicted octanol–water partition coefficient (Wildman–Crippen LogP) is 3.84. The van der Waals surface area contributed by atoms with Gasteiger partial charge in [0.2, 0.25) is 0 Å². The Morgan fingerprint density at radius 2 is 1.78 bits per heavy atom. The topological polar surface area (TPSA) is 27.1 Å². The first-order valence-electron chi connectivity index (χ1n) is 6.29. The molecule has 0 aliphatic rings. The third kappa shape index (κ3) is 2.46. The molecule has 0 saturated carbocycles. The van der Waals surface area contributed by atoms with Gasteiger partial charge in [-0.3, -0.25) is 0 Å². The Bertz CT molecular complexity index is 499. The summed E-state index contributed by atoms with van der Waals surface area (Å²) in [7, 11) is 1.73. The molecule has 3 nitrogen and oxygen atoms in total. The molecule has 1 aromatic carbocycles. The second-order valence-corrected chi connectivity index (χ2v) is 4.75. The van der Waals surface area contributed by atoms with Gasteiger partial charge in [-0.2, -0.15) is 0 Å². The second-order valence-electron chi connectivity index (χ2n) is 4.75. The lowest BCUT2D eigenvalue weighted by molar-refractivity contribution is 0.119. The summed E-state index contributed by atoms with van der Waals surface area (Å²) >= 11 is 0. The molecule has 0 aliphatic carbocycles. The van der Waals surface area contributed by atoms with Crippen molar-refractivity contribution in [2.45, 2.75) is 32.9 Å². The normalized spacial score (nSPS) is 12.9. The number of benzene rings is 1. The first kappa shape index (κ1) is 12.8. The number of imidazole rings is 1. The fraction of sp³-hybridized carbons (Fsp3) is 0.400. The van der Waals surface area contributed by atoms with Gasteiger partial charge in [-0.05, 0) is 26.3 Å². The molecule has 0 bridgehead atoms. The lowest BCUT2D eigenvalue weighted by Crippen LogP contribution is -2.02. The average Bonchev–Trinajstić information content (AvgIpc) is 2.87. The van der Waals surface area contributed by atoms with E-state index in [1.807, 2.05) is 19.3 Å². The van der Waals surface area contributed by atoms with Gasteiger partial charge in [0.1, 0.15) is 5.82 Å². The highest BCUT2D eigenvalue weighted by molar-refractivity contribution is 5.56. The van der Waals surface area contributed by atoms with Crippen LogP contribution >= 0.6 is 0 Å². The van der Waals surface area contributed by atoms with Crippen LogP contribution in [-0.4, -0.2) is 16.7 Å². The molecule has 3 heteroatoms. The molecule has 0 N–H and O–H groups in total. The van der Waals surface area contributed by atoms with Crippen molar-refractivity contribution >= 4 is 0 Å². The Kier molecular flexibility index (Phi) is 3.82. The Morgan fingerprint density at radius 1 is 1.11 bits per heavy atom. The van der Waals surface area contributed by atoms with E-state index in [0.717, 1.165) is 11.4 Å². The molecule has 0 aliphatic heterocycles. The quantitative estimate of drug-likeness (QED) is 0.817. The van der Waals surface area contributed by atoms with Crippen LogP contribution in [0.4, 0.5) is 0 Å². The van der Waals surface area contributed by atoms with Gasteiger partial charge in [0.15, 0.2) is 0 Å². The van der Waals surface area contributed by atoms with Gasteiger partial charge in [0, 0.05) is 31.1 Å². The molecule has 0 radical (unpaired) electrons. The number of methoxy groups -OCH3 is 1. The second kappa shape index (κ2) is 5.36. The summed E-state index contributed by atoms with van der Waals surface area (Å²) in [6.07, 6.45) is 4.00. The summed E-state index contributed by atoms with van der Waals surface area (Å²) in [5, 5.41) is 0. The van der Waals surface area contributed by atoms with Crippen molar-refractivity contribution in [2.75, 3.05) is 7.11 Å². The van der Waals surface area contributed by atoms with Crippen LogP contribution < -0.4 is 0 Å². The van der Waals surface area contributed by atoms with Gasteiger partial charge >= 0.3 is 0 Å². The summed E-state index contributed by atoms with van der Waals surface area (Å²) in [4.78, 5) is 4.43. The highest BCUT2D eigenvalue weighted by Crippen LogP contribution is 2.23. The maximum atomic E-state index is 5.31. The van der Waals surface area contributed by atoms with Gasteiger partial charge in [-0.15, -0.1) is 0 Å². The molecule has 1 aromatic heterocycles. The van der Waals surface area contributed by atoms with Gasteiger partial charge in [0.05, 0.1) is 6.10 Å². The molecule has 1 atom stereocenters. The number of aromatic nitrogens is 2. The SMILES string of the molecule is CO[C@@H](C)c1ccc(-c2nccn2C(C)C)cc1. The Labute approximate surface area is 108 Å². The van der Waals surface area contributed by atoms with Crippen molar-refractivity contribution < 1.29 is 4.74 Å². The molecule has 0 unspecified atom stereocenters. The number of ether oxygens (including phenoxy) is 1. The molecule has 0 saturated heterocycles. The molecule has 0 amide bonds. The van der Waals surface area contributed by atoms with Crippen molar-refractivity contribution in [3.63, 3.8) is 0 Å². The lowest BCUT2D eigenvalue weighted by atomic mass is 10.1. The number of nitrogens with zero attached hydrogens (tertiary/aromatic N) is 2. The molecule has 0 spiro atoms. The van der Waals surface area contributed by atoms with Gasteiger partial charge < -0.3 is 9.30 Å². The first-order valence-corrected chi connectivity index (χ1v) is 6.29. The van der Waals surface area contributed by atoms with Crippen LogP contribution in [0.15, 0.2) is 36.7 Å². The highest BCUT2D eigenvalue weighted by Gasteiger charge is 2.09. The van der Waals surface area contributed by atoms with Gasteiger partial charge in [-0.25, -0.2) is 4.98 Å². The summed E-state index contributed by atoms with van der Waals surface area (Å²) in [6, 6.07) is 8.82. The monoisotopic (exact) mass is 244 g/mol. The molecule has 2 aromatic rings. The summed E-state index contributed by atoms with van der Waals surface area (Å²) < 4.78 is 7.48. The van der Waals surface area contributed by atoms with E-state index in [0.29, 0.717) is 6.04 Å². The van der Waals surface area contributed by atoms with E-state index in [1.54, 1.807) is 7.11 Å². The molecular formula is C15H20N2O. The van der Waals surface area contributed by atoms with E-state index in [9.17, 15) is 0 Å². The van der Waals surface area contributed by atoms with Crippen LogP contribution in [0.25, 0.3) is 11.4 Å². The maximum absolute atomic E-state index is 5.31. The Morgan fingerprint density at radius 3 is 2.33 bits per heavy atom.